The van der Waals surface area contributed by atoms with Crippen LogP contribution in [0, 0.1) is 6.92 Å². The summed E-state index contributed by atoms with van der Waals surface area (Å²) in [4.78, 5) is 25.0. The third-order valence-electron chi connectivity index (χ3n) is 3.58. The summed E-state index contributed by atoms with van der Waals surface area (Å²) in [7, 11) is 0. The van der Waals surface area contributed by atoms with Crippen LogP contribution in [0.2, 0.25) is 0 Å². The van der Waals surface area contributed by atoms with Crippen molar-refractivity contribution < 1.29 is 4.79 Å². The normalized spacial score (nSPS) is 10.3. The Labute approximate surface area is 165 Å². The van der Waals surface area contributed by atoms with Crippen molar-refractivity contribution in [3.8, 4) is 0 Å². The molecular formula is C19H19BrN6O. The molecule has 0 unspecified atom stereocenters. The van der Waals surface area contributed by atoms with E-state index in [4.69, 9.17) is 0 Å². The molecular weight excluding hydrogens is 408 g/mol. The maximum atomic E-state index is 12.1. The molecule has 0 atom stereocenters. The molecule has 0 saturated carbocycles. The lowest BCUT2D eigenvalue weighted by atomic mass is 10.2. The van der Waals surface area contributed by atoms with Gasteiger partial charge in [-0.3, -0.25) is 4.79 Å². The molecule has 3 rings (SSSR count). The largest absolute Gasteiger partial charge is 0.368 e. The van der Waals surface area contributed by atoms with E-state index < -0.39 is 0 Å². The molecule has 0 aliphatic heterocycles. The van der Waals surface area contributed by atoms with Crippen molar-refractivity contribution in [1.82, 2.24) is 20.3 Å². The molecule has 0 spiro atoms. The van der Waals surface area contributed by atoms with Crippen LogP contribution in [0.5, 0.6) is 0 Å². The van der Waals surface area contributed by atoms with Gasteiger partial charge in [0.15, 0.2) is 0 Å². The molecule has 7 nitrogen and oxygen atoms in total. The van der Waals surface area contributed by atoms with Gasteiger partial charge in [0.25, 0.3) is 5.91 Å². The molecule has 27 heavy (non-hydrogen) atoms. The van der Waals surface area contributed by atoms with Crippen LogP contribution in [-0.2, 0) is 0 Å². The van der Waals surface area contributed by atoms with Gasteiger partial charge in [0.2, 0.25) is 0 Å². The lowest BCUT2D eigenvalue weighted by molar-refractivity contribution is 0.0955. The topological polar surface area (TPSA) is 91.8 Å². The molecule has 8 heteroatoms. The SMILES string of the molecule is Cc1nc(NCCNC(=O)c2ccc(Br)cc2)cc(Nc2ccccn2)n1. The molecule has 0 radical (unpaired) electrons. The number of amides is 1. The summed E-state index contributed by atoms with van der Waals surface area (Å²) in [5, 5.41) is 9.21. The van der Waals surface area contributed by atoms with Gasteiger partial charge >= 0.3 is 0 Å². The summed E-state index contributed by atoms with van der Waals surface area (Å²) in [6.07, 6.45) is 1.71. The van der Waals surface area contributed by atoms with Gasteiger partial charge in [0.05, 0.1) is 0 Å². The van der Waals surface area contributed by atoms with Gasteiger partial charge in [-0.2, -0.15) is 0 Å². The number of halogens is 1. The highest BCUT2D eigenvalue weighted by Gasteiger charge is 2.05. The van der Waals surface area contributed by atoms with Crippen molar-refractivity contribution in [1.29, 1.82) is 0 Å². The summed E-state index contributed by atoms with van der Waals surface area (Å²) in [6.45, 7) is 2.84. The minimum atomic E-state index is -0.110. The number of anilines is 3. The van der Waals surface area contributed by atoms with Crippen LogP contribution < -0.4 is 16.0 Å². The highest BCUT2D eigenvalue weighted by atomic mass is 79.9. The molecule has 1 amide bonds. The number of benzene rings is 1. The van der Waals surface area contributed by atoms with E-state index in [-0.39, 0.29) is 5.91 Å². The number of pyridine rings is 1. The number of rotatable bonds is 7. The minimum Gasteiger partial charge on any atom is -0.368 e. The predicted molar refractivity (Wildman–Crippen MR) is 109 cm³/mol. The fourth-order valence-corrected chi connectivity index (χ4v) is 2.62. The maximum Gasteiger partial charge on any atom is 0.251 e. The molecule has 0 aliphatic rings. The summed E-state index contributed by atoms with van der Waals surface area (Å²) in [5.74, 6) is 2.57. The number of nitrogens with one attached hydrogen (secondary N) is 3. The van der Waals surface area contributed by atoms with Gasteiger partial charge in [-0.15, -0.1) is 0 Å². The zero-order chi connectivity index (χ0) is 19.1. The lowest BCUT2D eigenvalue weighted by Crippen LogP contribution is -2.28. The van der Waals surface area contributed by atoms with Crippen LogP contribution in [0.25, 0.3) is 0 Å². The fourth-order valence-electron chi connectivity index (χ4n) is 2.36. The average molecular weight is 427 g/mol. The van der Waals surface area contributed by atoms with Crippen LogP contribution >= 0.6 is 15.9 Å². The quantitative estimate of drug-likeness (QED) is 0.500. The first-order chi connectivity index (χ1) is 13.1. The summed E-state index contributed by atoms with van der Waals surface area (Å²) in [5.41, 5.74) is 0.623. The molecule has 2 aromatic heterocycles. The van der Waals surface area contributed by atoms with E-state index >= 15 is 0 Å². The van der Waals surface area contributed by atoms with Gasteiger partial charge in [0, 0.05) is 35.4 Å². The zero-order valence-electron chi connectivity index (χ0n) is 14.7. The number of hydrogen-bond donors (Lipinski definition) is 3. The second kappa shape index (κ2) is 9.09. The Balaban J connectivity index is 1.52. The second-order valence-corrected chi connectivity index (χ2v) is 6.63. The van der Waals surface area contributed by atoms with Crippen molar-refractivity contribution in [3.05, 3.63) is 70.6 Å². The summed E-state index contributed by atoms with van der Waals surface area (Å²) in [6, 6.07) is 14.6. The van der Waals surface area contributed by atoms with Crippen molar-refractivity contribution in [2.45, 2.75) is 6.92 Å². The molecule has 3 N–H and O–H groups in total. The molecule has 3 aromatic rings. The fraction of sp³-hybridized carbons (Fsp3) is 0.158. The Morgan fingerprint density at radius 2 is 1.78 bits per heavy atom. The van der Waals surface area contributed by atoms with Crippen LogP contribution in [-0.4, -0.2) is 33.9 Å². The van der Waals surface area contributed by atoms with Gasteiger partial charge < -0.3 is 16.0 Å². The van der Waals surface area contributed by atoms with E-state index in [1.165, 1.54) is 0 Å². The van der Waals surface area contributed by atoms with E-state index in [0.29, 0.717) is 41.9 Å². The van der Waals surface area contributed by atoms with E-state index in [0.717, 1.165) is 4.47 Å². The number of hydrogen-bond acceptors (Lipinski definition) is 6. The molecule has 1 aromatic carbocycles. The highest BCUT2D eigenvalue weighted by Crippen LogP contribution is 2.15. The van der Waals surface area contributed by atoms with Crippen molar-refractivity contribution in [3.63, 3.8) is 0 Å². The Morgan fingerprint density at radius 3 is 2.52 bits per heavy atom. The third-order valence-corrected chi connectivity index (χ3v) is 4.11. The Morgan fingerprint density at radius 1 is 1.00 bits per heavy atom. The Kier molecular flexibility index (Phi) is 6.32. The van der Waals surface area contributed by atoms with Gasteiger partial charge in [0.1, 0.15) is 23.3 Å². The lowest BCUT2D eigenvalue weighted by Gasteiger charge is -2.10. The second-order valence-electron chi connectivity index (χ2n) is 5.72. The van der Waals surface area contributed by atoms with Crippen molar-refractivity contribution in [2.75, 3.05) is 23.7 Å². The first kappa shape index (κ1) is 18.8. The number of carbonyl (C=O) groups is 1. The van der Waals surface area contributed by atoms with E-state index in [1.54, 1.807) is 24.4 Å². The van der Waals surface area contributed by atoms with E-state index in [1.807, 2.05) is 37.3 Å². The average Bonchev–Trinajstić information content (AvgIpc) is 2.66. The number of nitrogens with zero attached hydrogens (tertiary/aromatic N) is 3. The molecule has 0 bridgehead atoms. The van der Waals surface area contributed by atoms with Crippen LogP contribution in [0.4, 0.5) is 17.5 Å². The molecule has 0 fully saturated rings. The van der Waals surface area contributed by atoms with E-state index in [2.05, 4.69) is 46.8 Å². The smallest absolute Gasteiger partial charge is 0.251 e. The number of aromatic nitrogens is 3. The summed E-state index contributed by atoms with van der Waals surface area (Å²) < 4.78 is 0.940. The minimum absolute atomic E-state index is 0.110. The van der Waals surface area contributed by atoms with Gasteiger partial charge in [-0.1, -0.05) is 22.0 Å². The first-order valence-electron chi connectivity index (χ1n) is 8.41. The Hall–Kier alpha value is -3.00. The predicted octanol–water partition coefficient (Wildman–Crippen LogP) is 3.53. The maximum absolute atomic E-state index is 12.1. The van der Waals surface area contributed by atoms with Crippen molar-refractivity contribution in [2.24, 2.45) is 0 Å². The number of carbonyl (C=O) groups excluding carboxylic acids is 1. The number of aryl methyl sites for hydroxylation is 1. The van der Waals surface area contributed by atoms with Gasteiger partial charge in [-0.25, -0.2) is 15.0 Å². The standard InChI is InChI=1S/C19H19BrN6O/c1-13-24-17(12-18(25-13)26-16-4-2-3-9-21-16)22-10-11-23-19(27)14-5-7-15(20)8-6-14/h2-9,12H,10-11H2,1H3,(H,23,27)(H2,21,22,24,25,26). The van der Waals surface area contributed by atoms with E-state index in [9.17, 15) is 4.79 Å². The van der Waals surface area contributed by atoms with Gasteiger partial charge in [-0.05, 0) is 43.3 Å². The Bertz CT molecular complexity index is 902. The molecule has 0 aliphatic carbocycles. The molecule has 138 valence electrons. The van der Waals surface area contributed by atoms with Crippen LogP contribution in [0.1, 0.15) is 16.2 Å². The monoisotopic (exact) mass is 426 g/mol. The first-order valence-corrected chi connectivity index (χ1v) is 9.21. The van der Waals surface area contributed by atoms with Crippen molar-refractivity contribution >= 4 is 39.3 Å². The highest BCUT2D eigenvalue weighted by molar-refractivity contribution is 9.10. The third kappa shape index (κ3) is 5.75. The molecule has 0 saturated heterocycles. The summed E-state index contributed by atoms with van der Waals surface area (Å²) >= 11 is 3.35. The van der Waals surface area contributed by atoms with Crippen LogP contribution in [0.15, 0.2) is 59.2 Å². The van der Waals surface area contributed by atoms with Crippen LogP contribution in [0.3, 0.4) is 0 Å². The zero-order valence-corrected chi connectivity index (χ0v) is 16.3. The molecule has 2 heterocycles.